The molecule has 0 aliphatic heterocycles. The van der Waals surface area contributed by atoms with Crippen molar-refractivity contribution in [1.82, 2.24) is 34.7 Å². The molecule has 0 N–H and O–H groups in total. The molecule has 3 aromatic heterocycles. The van der Waals surface area contributed by atoms with E-state index in [0.29, 0.717) is 45.1 Å². The predicted molar refractivity (Wildman–Crippen MR) is 171 cm³/mol. The number of ether oxygens (including phenoxy) is 2. The molecule has 0 amide bonds. The molecule has 3 heterocycles. The molecule has 0 saturated heterocycles. The molecule has 3 aromatic carbocycles. The topological polar surface area (TPSA) is 134 Å². The molecule has 0 unspecified atom stereocenters. The standard InChI is InChI=1S/C35H30F2N8O3/c1-35(2,3)48-34(46)24-12-13-29-30(16-24)45(19-31-41-43-44(4)42-31)32(39-29)17-22-10-11-23(15-27(22)37)28-6-5-7-33(40-28)47-20-25-9-8-21(18-38)14-26(25)36/h5-16H,17,19-20H2,1-4H3. The van der Waals surface area contributed by atoms with Gasteiger partial charge in [-0.15, -0.1) is 10.2 Å². The van der Waals surface area contributed by atoms with Crippen molar-refractivity contribution in [3.63, 3.8) is 0 Å². The van der Waals surface area contributed by atoms with E-state index in [-0.39, 0.29) is 36.6 Å². The Hall–Kier alpha value is -6.03. The number of imidazole rings is 1. The highest BCUT2D eigenvalue weighted by molar-refractivity contribution is 5.94. The largest absolute Gasteiger partial charge is 0.473 e. The number of halogens is 2. The molecule has 48 heavy (non-hydrogen) atoms. The highest BCUT2D eigenvalue weighted by Crippen LogP contribution is 2.27. The lowest BCUT2D eigenvalue weighted by atomic mass is 10.1. The molecule has 0 fully saturated rings. The first-order chi connectivity index (χ1) is 23.0. The molecule has 0 spiro atoms. The monoisotopic (exact) mass is 648 g/mol. The zero-order valence-corrected chi connectivity index (χ0v) is 26.6. The summed E-state index contributed by atoms with van der Waals surface area (Å²) < 4.78 is 43.1. The van der Waals surface area contributed by atoms with Crippen LogP contribution in [0.25, 0.3) is 22.3 Å². The third-order valence-electron chi connectivity index (χ3n) is 7.29. The lowest BCUT2D eigenvalue weighted by Gasteiger charge is -2.19. The van der Waals surface area contributed by atoms with E-state index in [4.69, 9.17) is 19.7 Å². The Morgan fingerprint density at radius 3 is 2.46 bits per heavy atom. The van der Waals surface area contributed by atoms with Crippen LogP contribution in [0.15, 0.2) is 72.8 Å². The summed E-state index contributed by atoms with van der Waals surface area (Å²) in [5.41, 5.74) is 2.80. The minimum atomic E-state index is -0.667. The second-order valence-electron chi connectivity index (χ2n) is 12.1. The van der Waals surface area contributed by atoms with Gasteiger partial charge in [0.2, 0.25) is 5.88 Å². The minimum Gasteiger partial charge on any atom is -0.473 e. The fourth-order valence-electron chi connectivity index (χ4n) is 5.04. The Morgan fingerprint density at radius 2 is 1.75 bits per heavy atom. The van der Waals surface area contributed by atoms with Crippen molar-refractivity contribution in [2.75, 3.05) is 0 Å². The van der Waals surface area contributed by atoms with Crippen LogP contribution in [0.1, 0.15) is 59.5 Å². The van der Waals surface area contributed by atoms with Crippen molar-refractivity contribution in [3.8, 4) is 23.2 Å². The van der Waals surface area contributed by atoms with Crippen molar-refractivity contribution in [2.45, 2.75) is 45.9 Å². The zero-order chi connectivity index (χ0) is 34.0. The summed E-state index contributed by atoms with van der Waals surface area (Å²) in [4.78, 5) is 23.4. The Balaban J connectivity index is 1.26. The average Bonchev–Trinajstić information content (AvgIpc) is 3.62. The lowest BCUT2D eigenvalue weighted by Crippen LogP contribution is -2.23. The summed E-state index contributed by atoms with van der Waals surface area (Å²) in [7, 11) is 1.66. The van der Waals surface area contributed by atoms with Gasteiger partial charge in [-0.25, -0.2) is 23.5 Å². The van der Waals surface area contributed by atoms with Gasteiger partial charge in [-0.1, -0.05) is 24.3 Å². The number of tetrazole rings is 1. The molecule has 11 nitrogen and oxygen atoms in total. The van der Waals surface area contributed by atoms with E-state index in [2.05, 4.69) is 20.4 Å². The van der Waals surface area contributed by atoms with Crippen molar-refractivity contribution < 1.29 is 23.0 Å². The molecule has 6 aromatic rings. The maximum atomic E-state index is 15.7. The highest BCUT2D eigenvalue weighted by atomic mass is 19.1. The van der Waals surface area contributed by atoms with Crippen LogP contribution in [0.3, 0.4) is 0 Å². The van der Waals surface area contributed by atoms with Crippen LogP contribution in [-0.2, 0) is 31.4 Å². The molecule has 0 bridgehead atoms. The molecule has 13 heteroatoms. The van der Waals surface area contributed by atoms with Crippen LogP contribution in [0.2, 0.25) is 0 Å². The molecule has 6 rings (SSSR count). The van der Waals surface area contributed by atoms with E-state index >= 15 is 4.39 Å². The molecule has 0 aliphatic carbocycles. The number of fused-ring (bicyclic) bond motifs is 1. The van der Waals surface area contributed by atoms with Gasteiger partial charge in [0.15, 0.2) is 5.82 Å². The molecular weight excluding hydrogens is 618 g/mol. The second kappa shape index (κ2) is 13.0. The smallest absolute Gasteiger partial charge is 0.338 e. The van der Waals surface area contributed by atoms with E-state index in [1.807, 2.05) is 10.6 Å². The predicted octanol–water partition coefficient (Wildman–Crippen LogP) is 5.95. The number of aryl methyl sites for hydroxylation is 1. The summed E-state index contributed by atoms with van der Waals surface area (Å²) in [5.74, 6) is -0.292. The first kappa shape index (κ1) is 31.9. The van der Waals surface area contributed by atoms with Gasteiger partial charge in [0.05, 0.1) is 47.5 Å². The Labute approximate surface area is 274 Å². The van der Waals surface area contributed by atoms with Gasteiger partial charge in [-0.05, 0) is 74.0 Å². The number of nitrogens with zero attached hydrogens (tertiary/aromatic N) is 8. The summed E-state index contributed by atoms with van der Waals surface area (Å²) in [5, 5.41) is 21.3. The van der Waals surface area contributed by atoms with Gasteiger partial charge in [0.1, 0.15) is 29.7 Å². The number of benzene rings is 3. The van der Waals surface area contributed by atoms with E-state index in [0.717, 1.165) is 6.07 Å². The normalized spacial score (nSPS) is 11.4. The van der Waals surface area contributed by atoms with E-state index in [1.54, 1.807) is 76.3 Å². The van der Waals surface area contributed by atoms with E-state index in [9.17, 15) is 9.18 Å². The molecule has 242 valence electrons. The summed E-state index contributed by atoms with van der Waals surface area (Å²) in [6, 6.07) is 21.0. The van der Waals surface area contributed by atoms with Crippen LogP contribution in [0, 0.1) is 23.0 Å². The highest BCUT2D eigenvalue weighted by Gasteiger charge is 2.21. The number of carbonyl (C=O) groups is 1. The van der Waals surface area contributed by atoms with Crippen molar-refractivity contribution in [1.29, 1.82) is 5.26 Å². The number of nitriles is 1. The number of hydrogen-bond donors (Lipinski definition) is 0. The molecule has 0 saturated carbocycles. The number of esters is 1. The molecule has 0 radical (unpaired) electrons. The summed E-state index contributed by atoms with van der Waals surface area (Å²) in [6.07, 6.45) is 0.134. The van der Waals surface area contributed by atoms with Crippen molar-refractivity contribution in [2.24, 2.45) is 7.05 Å². The summed E-state index contributed by atoms with van der Waals surface area (Å²) in [6.45, 7) is 5.50. The Bertz CT molecular complexity index is 2200. The summed E-state index contributed by atoms with van der Waals surface area (Å²) >= 11 is 0. The maximum Gasteiger partial charge on any atom is 0.338 e. The fraction of sp³-hybridized carbons (Fsp3) is 0.229. The fourth-order valence-corrected chi connectivity index (χ4v) is 5.04. The van der Waals surface area contributed by atoms with Gasteiger partial charge >= 0.3 is 5.97 Å². The molecule has 0 aliphatic rings. The van der Waals surface area contributed by atoms with Crippen LogP contribution >= 0.6 is 0 Å². The number of aromatic nitrogens is 7. The third kappa shape index (κ3) is 7.18. The minimum absolute atomic E-state index is 0.0916. The Morgan fingerprint density at radius 1 is 0.958 bits per heavy atom. The first-order valence-electron chi connectivity index (χ1n) is 15.0. The zero-order valence-electron chi connectivity index (χ0n) is 26.6. The maximum absolute atomic E-state index is 15.7. The number of rotatable bonds is 9. The van der Waals surface area contributed by atoms with E-state index in [1.165, 1.54) is 23.0 Å². The SMILES string of the molecule is Cn1nnc(Cn2c(Cc3ccc(-c4cccc(OCc5ccc(C#N)cc5F)n4)cc3F)nc3ccc(C(=O)OC(C)(C)C)cc32)n1. The van der Waals surface area contributed by atoms with Gasteiger partial charge in [-0.3, -0.25) is 0 Å². The Kier molecular flexibility index (Phi) is 8.65. The van der Waals surface area contributed by atoms with Gasteiger partial charge < -0.3 is 14.0 Å². The average molecular weight is 649 g/mol. The van der Waals surface area contributed by atoms with Crippen molar-refractivity contribution >= 4 is 17.0 Å². The van der Waals surface area contributed by atoms with Crippen LogP contribution in [-0.4, -0.2) is 46.3 Å². The molecular formula is C35H30F2N8O3. The van der Waals surface area contributed by atoms with Crippen LogP contribution in [0.4, 0.5) is 8.78 Å². The lowest BCUT2D eigenvalue weighted by molar-refractivity contribution is 0.00696. The second-order valence-corrected chi connectivity index (χ2v) is 12.1. The van der Waals surface area contributed by atoms with Crippen LogP contribution in [0.5, 0.6) is 5.88 Å². The molecule has 0 atom stereocenters. The van der Waals surface area contributed by atoms with Gasteiger partial charge in [0, 0.05) is 23.6 Å². The van der Waals surface area contributed by atoms with Crippen LogP contribution < -0.4 is 4.74 Å². The quantitative estimate of drug-likeness (QED) is 0.175. The van der Waals surface area contributed by atoms with Crippen molar-refractivity contribution in [3.05, 3.63) is 118 Å². The third-order valence-corrected chi connectivity index (χ3v) is 7.29. The number of hydrogen-bond acceptors (Lipinski definition) is 9. The first-order valence-corrected chi connectivity index (χ1v) is 15.0. The number of pyridine rings is 1. The van der Waals surface area contributed by atoms with E-state index < -0.39 is 23.2 Å². The van der Waals surface area contributed by atoms with Gasteiger partial charge in [0.25, 0.3) is 0 Å². The number of carbonyl (C=O) groups excluding carboxylic acids is 1. The van der Waals surface area contributed by atoms with Gasteiger partial charge in [-0.2, -0.15) is 10.1 Å².